The van der Waals surface area contributed by atoms with Gasteiger partial charge >= 0.3 is 0 Å². The van der Waals surface area contributed by atoms with Crippen LogP contribution in [-0.4, -0.2) is 100.0 Å². The Morgan fingerprint density at radius 2 is 1.66 bits per heavy atom. The molecule has 5 aromatic rings. The molecule has 64 heavy (non-hydrogen) atoms. The molecule has 3 heterocycles. The van der Waals surface area contributed by atoms with E-state index in [1.807, 2.05) is 30.3 Å². The number of ether oxygens (including phenoxy) is 1. The van der Waals surface area contributed by atoms with Gasteiger partial charge in [-0.1, -0.05) is 49.2 Å². The highest BCUT2D eigenvalue weighted by molar-refractivity contribution is 7.90. The number of amides is 1. The summed E-state index contributed by atoms with van der Waals surface area (Å²) in [5.41, 5.74) is 5.44. The molecule has 0 bridgehead atoms. The number of benzene rings is 4. The lowest BCUT2D eigenvalue weighted by molar-refractivity contribution is -0.384. The molecular formula is C46H52ClN7O8S2. The van der Waals surface area contributed by atoms with Crippen LogP contribution < -0.4 is 19.7 Å². The van der Waals surface area contributed by atoms with E-state index in [0.717, 1.165) is 72.8 Å². The zero-order valence-electron chi connectivity index (χ0n) is 36.0. The lowest BCUT2D eigenvalue weighted by Crippen LogP contribution is -2.47. The Labute approximate surface area is 378 Å². The van der Waals surface area contributed by atoms with E-state index in [1.165, 1.54) is 39.2 Å². The van der Waals surface area contributed by atoms with Crippen LogP contribution in [0, 0.1) is 15.5 Å². The molecule has 2 aliphatic heterocycles. The van der Waals surface area contributed by atoms with Gasteiger partial charge in [0, 0.05) is 91.8 Å². The predicted octanol–water partition coefficient (Wildman–Crippen LogP) is 8.26. The lowest BCUT2D eigenvalue weighted by atomic mass is 9.72. The van der Waals surface area contributed by atoms with Gasteiger partial charge in [0.1, 0.15) is 17.2 Å². The normalized spacial score (nSPS) is 18.0. The Morgan fingerprint density at radius 3 is 2.36 bits per heavy atom. The Bertz CT molecular complexity index is 2830. The molecule has 1 aromatic heterocycles. The zero-order valence-corrected chi connectivity index (χ0v) is 38.4. The minimum absolute atomic E-state index is 0.0476. The fourth-order valence-electron chi connectivity index (χ4n) is 8.88. The van der Waals surface area contributed by atoms with E-state index in [4.69, 9.17) is 16.3 Å². The topological polar surface area (TPSA) is 187 Å². The monoisotopic (exact) mass is 929 g/mol. The third kappa shape index (κ3) is 10.2. The maximum Gasteiger partial charge on any atom is 0.293 e. The molecule has 2 fully saturated rings. The number of H-pyrrole nitrogens is 1. The first-order valence-electron chi connectivity index (χ1n) is 21.3. The summed E-state index contributed by atoms with van der Waals surface area (Å²) in [4.78, 5) is 32.9. The molecule has 0 spiro atoms. The molecule has 338 valence electrons. The highest BCUT2D eigenvalue weighted by atomic mass is 35.5. The molecule has 0 radical (unpaired) electrons. The number of nitrogens with one attached hydrogen (secondary N) is 3. The summed E-state index contributed by atoms with van der Waals surface area (Å²) in [5.74, 6) is -0.384. The van der Waals surface area contributed by atoms with E-state index in [0.29, 0.717) is 31.7 Å². The van der Waals surface area contributed by atoms with Gasteiger partial charge in [0.2, 0.25) is 10.0 Å². The van der Waals surface area contributed by atoms with Crippen molar-refractivity contribution in [3.8, 4) is 11.5 Å². The molecule has 0 unspecified atom stereocenters. The molecule has 4 aromatic carbocycles. The summed E-state index contributed by atoms with van der Waals surface area (Å²) in [6, 6.07) is 23.6. The van der Waals surface area contributed by atoms with Crippen LogP contribution in [0.25, 0.3) is 16.5 Å². The second-order valence-corrected chi connectivity index (χ2v) is 21.7. The number of anilines is 2. The number of carbonyl (C=O) groups excluding carboxylic acids is 1. The number of nitrogens with zero attached hydrogens (tertiary/aromatic N) is 4. The van der Waals surface area contributed by atoms with Gasteiger partial charge in [0.05, 0.1) is 21.6 Å². The third-order valence-corrected chi connectivity index (χ3v) is 15.4. The summed E-state index contributed by atoms with van der Waals surface area (Å²) in [6.07, 6.45) is 6.89. The number of rotatable bonds is 13. The Hall–Kier alpha value is -5.46. The van der Waals surface area contributed by atoms with Gasteiger partial charge < -0.3 is 19.9 Å². The standard InChI is InChI=1S/C46H52ClN7O8S2/c1-46(2)19-15-32(39(29-46)31-7-9-33(47)10-8-31)30-51-23-25-52(26-24-51)35-11-13-38(44(27-35)62-43-6-4-5-40-37(43)16-20-48-40)45(55)50-64(60,61)36-12-14-41(42(28-36)54(56)57)49-34-17-21-53(22-18-34)63(3,58)59/h4-14,16,20,27-28,34,48-49H,15,17-19,21-26,29-30H2,1-3H3,(H,50,55). The van der Waals surface area contributed by atoms with Crippen molar-refractivity contribution in [2.24, 2.45) is 5.41 Å². The quantitative estimate of drug-likeness (QED) is 0.0762. The first-order valence-corrected chi connectivity index (χ1v) is 25.0. The van der Waals surface area contributed by atoms with Gasteiger partial charge in [0.15, 0.2) is 0 Å². The van der Waals surface area contributed by atoms with Gasteiger partial charge in [-0.3, -0.25) is 19.8 Å². The molecule has 3 N–H and O–H groups in total. The van der Waals surface area contributed by atoms with Crippen molar-refractivity contribution >= 4 is 71.1 Å². The Balaban J connectivity index is 1.00. The van der Waals surface area contributed by atoms with E-state index in [-0.39, 0.29) is 41.5 Å². The first-order chi connectivity index (χ1) is 30.4. The molecule has 0 atom stereocenters. The second kappa shape index (κ2) is 18.2. The maximum absolute atomic E-state index is 14.0. The molecule has 1 amide bonds. The highest BCUT2D eigenvalue weighted by Gasteiger charge is 2.32. The average Bonchev–Trinajstić information content (AvgIpc) is 3.75. The number of hydrogen-bond donors (Lipinski definition) is 3. The molecule has 8 rings (SSSR count). The first kappa shape index (κ1) is 45.1. The number of nitro groups is 1. The number of aromatic amines is 1. The number of allylic oxidation sites excluding steroid dienone is 1. The number of halogens is 1. The predicted molar refractivity (Wildman–Crippen MR) is 250 cm³/mol. The van der Waals surface area contributed by atoms with Crippen molar-refractivity contribution in [1.82, 2.24) is 18.9 Å². The molecule has 3 aliphatic rings. The maximum atomic E-state index is 14.0. The fraction of sp³-hybridized carbons (Fsp3) is 0.370. The van der Waals surface area contributed by atoms with Crippen molar-refractivity contribution < 1.29 is 31.3 Å². The van der Waals surface area contributed by atoms with Crippen LogP contribution in [0.3, 0.4) is 0 Å². The van der Waals surface area contributed by atoms with Crippen LogP contribution in [-0.2, 0) is 20.0 Å². The molecular weight excluding hydrogens is 878 g/mol. The number of piperidine rings is 1. The van der Waals surface area contributed by atoms with E-state index < -0.39 is 41.5 Å². The van der Waals surface area contributed by atoms with Gasteiger partial charge in [-0.15, -0.1) is 0 Å². The van der Waals surface area contributed by atoms with Gasteiger partial charge in [-0.05, 0) is 103 Å². The minimum Gasteiger partial charge on any atom is -0.456 e. The molecule has 0 saturated carbocycles. The number of sulfonamides is 2. The molecule has 18 heteroatoms. The number of aromatic nitrogens is 1. The zero-order chi connectivity index (χ0) is 45.4. The SMILES string of the molecule is CC1(C)CCC(CN2CCN(c3ccc(C(=O)NS(=O)(=O)c4ccc(NC5CCN(S(C)(=O)=O)CC5)c([N+](=O)[O-])c4)c(Oc4cccc5[nH]ccc45)c3)CC2)=C(c2ccc(Cl)cc2)C1. The largest absolute Gasteiger partial charge is 0.456 e. The second-order valence-electron chi connectivity index (χ2n) is 17.6. The van der Waals surface area contributed by atoms with Gasteiger partial charge in [-0.25, -0.2) is 25.9 Å². The van der Waals surface area contributed by atoms with E-state index >= 15 is 0 Å². The van der Waals surface area contributed by atoms with Crippen LogP contribution in [0.15, 0.2) is 102 Å². The van der Waals surface area contributed by atoms with Crippen molar-refractivity contribution in [2.75, 3.05) is 62.3 Å². The summed E-state index contributed by atoms with van der Waals surface area (Å²) in [6.45, 7) is 9.07. The minimum atomic E-state index is -4.62. The molecule has 2 saturated heterocycles. The fourth-order valence-corrected chi connectivity index (χ4v) is 10.9. The van der Waals surface area contributed by atoms with Gasteiger partial charge in [0.25, 0.3) is 21.6 Å². The van der Waals surface area contributed by atoms with Crippen molar-refractivity contribution in [1.29, 1.82) is 0 Å². The Kier molecular flexibility index (Phi) is 12.8. The van der Waals surface area contributed by atoms with Crippen molar-refractivity contribution in [3.05, 3.63) is 123 Å². The molecule has 15 nitrogen and oxygen atoms in total. The lowest BCUT2D eigenvalue weighted by Gasteiger charge is -2.39. The van der Waals surface area contributed by atoms with Crippen LogP contribution in [0.2, 0.25) is 5.02 Å². The van der Waals surface area contributed by atoms with Crippen LogP contribution in [0.1, 0.15) is 61.9 Å². The van der Waals surface area contributed by atoms with Crippen molar-refractivity contribution in [2.45, 2.75) is 56.9 Å². The van der Waals surface area contributed by atoms with Crippen LogP contribution in [0.5, 0.6) is 11.5 Å². The van der Waals surface area contributed by atoms with Crippen LogP contribution >= 0.6 is 11.6 Å². The van der Waals surface area contributed by atoms with E-state index in [2.05, 4.69) is 50.8 Å². The number of piperazine rings is 1. The van der Waals surface area contributed by atoms with E-state index in [1.54, 1.807) is 24.4 Å². The highest BCUT2D eigenvalue weighted by Crippen LogP contribution is 2.44. The summed E-state index contributed by atoms with van der Waals surface area (Å²) in [7, 11) is -7.99. The number of nitro benzene ring substituents is 1. The number of hydrogen-bond acceptors (Lipinski definition) is 11. The average molecular weight is 931 g/mol. The third-order valence-electron chi connectivity index (χ3n) is 12.5. The Morgan fingerprint density at radius 1 is 0.922 bits per heavy atom. The van der Waals surface area contributed by atoms with Crippen LogP contribution in [0.4, 0.5) is 17.1 Å². The van der Waals surface area contributed by atoms with E-state index in [9.17, 15) is 31.7 Å². The smallest absolute Gasteiger partial charge is 0.293 e. The summed E-state index contributed by atoms with van der Waals surface area (Å²) in [5, 5.41) is 16.8. The molecule has 1 aliphatic carbocycles. The summed E-state index contributed by atoms with van der Waals surface area (Å²) < 4.78 is 61.3. The number of carbonyl (C=O) groups is 1. The number of fused-ring (bicyclic) bond motifs is 1. The van der Waals surface area contributed by atoms with Gasteiger partial charge in [-0.2, -0.15) is 0 Å². The van der Waals surface area contributed by atoms with Crippen molar-refractivity contribution in [3.63, 3.8) is 0 Å². The summed E-state index contributed by atoms with van der Waals surface area (Å²) >= 11 is 6.24.